The third-order valence-corrected chi connectivity index (χ3v) is 2.03. The maximum Gasteiger partial charge on any atom is 0.328 e. The minimum Gasteiger partial charge on any atom is -0.494 e. The van der Waals surface area contributed by atoms with E-state index in [1.165, 1.54) is 19.2 Å². The predicted molar refractivity (Wildman–Crippen MR) is 65.1 cm³/mol. The van der Waals surface area contributed by atoms with Gasteiger partial charge in [0.2, 0.25) is 5.91 Å². The maximum atomic E-state index is 11.4. The van der Waals surface area contributed by atoms with E-state index in [2.05, 4.69) is 5.32 Å². The van der Waals surface area contributed by atoms with Gasteiger partial charge in [0, 0.05) is 18.2 Å². The molecule has 8 nitrogen and oxygen atoms in total. The Morgan fingerprint density at radius 1 is 1.42 bits per heavy atom. The molecule has 0 aliphatic heterocycles. The molecular weight excluding hydrogens is 256 g/mol. The summed E-state index contributed by atoms with van der Waals surface area (Å²) in [5, 5.41) is 21.3. The lowest BCUT2D eigenvalue weighted by atomic mass is 10.2. The normalized spacial score (nSPS) is 10.2. The molecule has 1 aromatic rings. The van der Waals surface area contributed by atoms with E-state index in [9.17, 15) is 19.7 Å². The van der Waals surface area contributed by atoms with Crippen LogP contribution >= 0.6 is 0 Å². The molecule has 0 fully saturated rings. The van der Waals surface area contributed by atoms with Gasteiger partial charge in [0.05, 0.1) is 23.8 Å². The van der Waals surface area contributed by atoms with E-state index in [-0.39, 0.29) is 17.1 Å². The Kier molecular flexibility index (Phi) is 4.58. The summed E-state index contributed by atoms with van der Waals surface area (Å²) < 4.78 is 4.90. The van der Waals surface area contributed by atoms with Gasteiger partial charge in [-0.2, -0.15) is 0 Å². The van der Waals surface area contributed by atoms with Gasteiger partial charge in [-0.3, -0.25) is 14.9 Å². The number of hydrogen-bond acceptors (Lipinski definition) is 5. The van der Waals surface area contributed by atoms with Crippen LogP contribution in [-0.4, -0.2) is 29.0 Å². The van der Waals surface area contributed by atoms with Crippen molar-refractivity contribution in [1.82, 2.24) is 0 Å². The number of nitrogens with zero attached hydrogens (tertiary/aromatic N) is 1. The van der Waals surface area contributed by atoms with Gasteiger partial charge in [-0.05, 0) is 6.07 Å². The number of benzene rings is 1. The van der Waals surface area contributed by atoms with Crippen LogP contribution < -0.4 is 10.1 Å². The van der Waals surface area contributed by atoms with Crippen LogP contribution in [0, 0.1) is 10.1 Å². The molecule has 0 unspecified atom stereocenters. The van der Waals surface area contributed by atoms with Crippen LogP contribution in [0.4, 0.5) is 11.4 Å². The molecule has 0 radical (unpaired) electrons. The van der Waals surface area contributed by atoms with Crippen molar-refractivity contribution in [2.45, 2.75) is 0 Å². The van der Waals surface area contributed by atoms with E-state index in [0.29, 0.717) is 6.08 Å². The molecule has 0 aliphatic rings. The van der Waals surface area contributed by atoms with E-state index < -0.39 is 16.8 Å². The van der Waals surface area contributed by atoms with Crippen LogP contribution in [-0.2, 0) is 9.59 Å². The number of carboxylic acid groups (broad SMARTS) is 1. The third-order valence-electron chi connectivity index (χ3n) is 2.03. The van der Waals surface area contributed by atoms with Crippen molar-refractivity contribution in [2.24, 2.45) is 0 Å². The molecule has 0 saturated heterocycles. The molecule has 100 valence electrons. The highest BCUT2D eigenvalue weighted by molar-refractivity contribution is 6.03. The molecule has 0 saturated carbocycles. The van der Waals surface area contributed by atoms with Crippen LogP contribution in [0.25, 0.3) is 0 Å². The zero-order valence-electron chi connectivity index (χ0n) is 9.82. The van der Waals surface area contributed by atoms with E-state index in [0.717, 1.165) is 12.1 Å². The highest BCUT2D eigenvalue weighted by atomic mass is 16.6. The van der Waals surface area contributed by atoms with Crippen LogP contribution in [0.3, 0.4) is 0 Å². The molecule has 0 aliphatic carbocycles. The lowest BCUT2D eigenvalue weighted by Crippen LogP contribution is -2.09. The van der Waals surface area contributed by atoms with E-state index >= 15 is 0 Å². The first kappa shape index (κ1) is 14.2. The predicted octanol–water partition coefficient (Wildman–Crippen LogP) is 1.18. The van der Waals surface area contributed by atoms with Gasteiger partial charge >= 0.3 is 5.97 Å². The standard InChI is InChI=1S/C11H10N2O6/c1-19-9-6-7(13(17)18)2-3-8(9)12-10(14)4-5-11(15)16/h2-6H,1H3,(H,12,14)(H,15,16)/b5-4+. The number of nitrogens with one attached hydrogen (secondary N) is 1. The summed E-state index contributed by atoms with van der Waals surface area (Å²) in [6, 6.07) is 3.64. The van der Waals surface area contributed by atoms with Gasteiger partial charge in [-0.15, -0.1) is 0 Å². The average Bonchev–Trinajstić information content (AvgIpc) is 2.36. The highest BCUT2D eigenvalue weighted by Gasteiger charge is 2.12. The van der Waals surface area contributed by atoms with E-state index in [1.54, 1.807) is 0 Å². The molecule has 1 rings (SSSR count). The first-order valence-electron chi connectivity index (χ1n) is 4.98. The summed E-state index contributed by atoms with van der Waals surface area (Å²) in [6.45, 7) is 0. The van der Waals surface area contributed by atoms with Crippen molar-refractivity contribution in [3.63, 3.8) is 0 Å². The molecular formula is C11H10N2O6. The van der Waals surface area contributed by atoms with Gasteiger partial charge < -0.3 is 15.2 Å². The number of nitro benzene ring substituents is 1. The average molecular weight is 266 g/mol. The molecule has 19 heavy (non-hydrogen) atoms. The molecule has 0 atom stereocenters. The molecule has 0 bridgehead atoms. The summed E-state index contributed by atoms with van der Waals surface area (Å²) in [7, 11) is 1.29. The number of non-ortho nitro benzene ring substituents is 1. The van der Waals surface area contributed by atoms with Crippen LogP contribution in [0.5, 0.6) is 5.75 Å². The van der Waals surface area contributed by atoms with Gasteiger partial charge in [0.1, 0.15) is 5.75 Å². The quantitative estimate of drug-likeness (QED) is 0.469. The summed E-state index contributed by atoms with van der Waals surface area (Å²) >= 11 is 0. The summed E-state index contributed by atoms with van der Waals surface area (Å²) in [5.41, 5.74) is 0.0177. The minimum atomic E-state index is -1.26. The van der Waals surface area contributed by atoms with E-state index in [1.807, 2.05) is 0 Å². The molecule has 0 heterocycles. The first-order valence-corrected chi connectivity index (χ1v) is 4.98. The second-order valence-corrected chi connectivity index (χ2v) is 3.30. The fourth-order valence-electron chi connectivity index (χ4n) is 1.22. The Bertz CT molecular complexity index is 552. The van der Waals surface area contributed by atoms with Crippen LogP contribution in [0.15, 0.2) is 30.4 Å². The van der Waals surface area contributed by atoms with Crippen molar-refractivity contribution >= 4 is 23.3 Å². The Morgan fingerprint density at radius 2 is 2.11 bits per heavy atom. The monoisotopic (exact) mass is 266 g/mol. The molecule has 1 amide bonds. The zero-order valence-corrected chi connectivity index (χ0v) is 9.82. The number of carbonyl (C=O) groups is 2. The Morgan fingerprint density at radius 3 is 2.63 bits per heavy atom. The second-order valence-electron chi connectivity index (χ2n) is 3.30. The minimum absolute atomic E-state index is 0.103. The van der Waals surface area contributed by atoms with Crippen molar-refractivity contribution in [3.8, 4) is 5.75 Å². The highest BCUT2D eigenvalue weighted by Crippen LogP contribution is 2.28. The summed E-state index contributed by atoms with van der Waals surface area (Å²) in [5.74, 6) is -1.84. The third kappa shape index (κ3) is 4.11. The van der Waals surface area contributed by atoms with Gasteiger partial charge in [-0.1, -0.05) is 0 Å². The first-order chi connectivity index (χ1) is 8.93. The number of nitro groups is 1. The maximum absolute atomic E-state index is 11.4. The van der Waals surface area contributed by atoms with Crippen LogP contribution in [0.2, 0.25) is 0 Å². The lowest BCUT2D eigenvalue weighted by molar-refractivity contribution is -0.384. The SMILES string of the molecule is COc1cc([N+](=O)[O-])ccc1NC(=O)/C=C/C(=O)O. The molecule has 0 spiro atoms. The number of ether oxygens (including phenoxy) is 1. The topological polar surface area (TPSA) is 119 Å². The van der Waals surface area contributed by atoms with Gasteiger partial charge in [0.15, 0.2) is 0 Å². The lowest BCUT2D eigenvalue weighted by Gasteiger charge is -2.08. The van der Waals surface area contributed by atoms with Gasteiger partial charge in [0.25, 0.3) is 5.69 Å². The second kappa shape index (κ2) is 6.15. The molecule has 2 N–H and O–H groups in total. The number of anilines is 1. The number of amides is 1. The number of carboxylic acids is 1. The smallest absolute Gasteiger partial charge is 0.328 e. The van der Waals surface area contributed by atoms with E-state index in [4.69, 9.17) is 9.84 Å². The Balaban J connectivity index is 2.92. The number of aliphatic carboxylic acids is 1. The Labute approximate surface area is 107 Å². The zero-order chi connectivity index (χ0) is 14.4. The number of methoxy groups -OCH3 is 1. The number of rotatable bonds is 5. The number of carbonyl (C=O) groups excluding carboxylic acids is 1. The Hall–Kier alpha value is -2.90. The molecule has 0 aromatic heterocycles. The molecule has 8 heteroatoms. The van der Waals surface area contributed by atoms with Gasteiger partial charge in [-0.25, -0.2) is 4.79 Å². The van der Waals surface area contributed by atoms with Crippen molar-refractivity contribution < 1.29 is 24.4 Å². The number of hydrogen-bond donors (Lipinski definition) is 2. The largest absolute Gasteiger partial charge is 0.494 e. The van der Waals surface area contributed by atoms with Crippen molar-refractivity contribution in [3.05, 3.63) is 40.5 Å². The molecule has 1 aromatic carbocycles. The summed E-state index contributed by atoms with van der Waals surface area (Å²) in [4.78, 5) is 31.6. The fraction of sp³-hybridized carbons (Fsp3) is 0.0909. The van der Waals surface area contributed by atoms with Crippen molar-refractivity contribution in [2.75, 3.05) is 12.4 Å². The van der Waals surface area contributed by atoms with Crippen LogP contribution in [0.1, 0.15) is 0 Å². The summed E-state index contributed by atoms with van der Waals surface area (Å²) in [6.07, 6.45) is 1.50. The van der Waals surface area contributed by atoms with Crippen molar-refractivity contribution in [1.29, 1.82) is 0 Å². The fourth-order valence-corrected chi connectivity index (χ4v) is 1.22.